The maximum atomic E-state index is 13.4. The number of ether oxygens (including phenoxy) is 1. The number of hydrogen-bond acceptors (Lipinski definition) is 2. The van der Waals surface area contributed by atoms with Gasteiger partial charge in [-0.1, -0.05) is 19.1 Å². The molecule has 2 N–H and O–H groups in total. The highest BCUT2D eigenvalue weighted by Gasteiger charge is 2.29. The molecule has 0 aliphatic rings. The molecule has 0 bridgehead atoms. The predicted octanol–water partition coefficient (Wildman–Crippen LogP) is 2.02. The molecule has 1 atom stereocenters. The summed E-state index contributed by atoms with van der Waals surface area (Å²) >= 11 is 0. The van der Waals surface area contributed by atoms with Gasteiger partial charge in [-0.3, -0.25) is 4.39 Å². The second-order valence-electron chi connectivity index (χ2n) is 3.72. The van der Waals surface area contributed by atoms with Crippen LogP contribution in [0, 0.1) is 5.82 Å². The SMILES string of the molecule is COc1c(F)cccc1C(C)(CN)CF. The van der Waals surface area contributed by atoms with Crippen molar-refractivity contribution in [3.8, 4) is 5.75 Å². The number of nitrogens with two attached hydrogens (primary N) is 1. The van der Waals surface area contributed by atoms with Crippen molar-refractivity contribution in [3.05, 3.63) is 29.6 Å². The summed E-state index contributed by atoms with van der Waals surface area (Å²) in [6, 6.07) is 4.43. The van der Waals surface area contributed by atoms with Crippen LogP contribution in [0.3, 0.4) is 0 Å². The van der Waals surface area contributed by atoms with E-state index in [4.69, 9.17) is 10.5 Å². The lowest BCUT2D eigenvalue weighted by Crippen LogP contribution is -2.34. The highest BCUT2D eigenvalue weighted by atomic mass is 19.1. The summed E-state index contributed by atoms with van der Waals surface area (Å²) in [6.07, 6.45) is 0. The van der Waals surface area contributed by atoms with Gasteiger partial charge < -0.3 is 10.5 Å². The van der Waals surface area contributed by atoms with Crippen LogP contribution in [0.25, 0.3) is 0 Å². The monoisotopic (exact) mass is 215 g/mol. The molecule has 0 spiro atoms. The molecule has 1 aromatic carbocycles. The molecule has 0 saturated heterocycles. The predicted molar refractivity (Wildman–Crippen MR) is 55.3 cm³/mol. The fraction of sp³-hybridized carbons (Fsp3) is 0.455. The smallest absolute Gasteiger partial charge is 0.165 e. The Bertz CT molecular complexity index is 337. The summed E-state index contributed by atoms with van der Waals surface area (Å²) in [4.78, 5) is 0. The van der Waals surface area contributed by atoms with Gasteiger partial charge in [-0.15, -0.1) is 0 Å². The van der Waals surface area contributed by atoms with Crippen molar-refractivity contribution in [2.75, 3.05) is 20.3 Å². The van der Waals surface area contributed by atoms with E-state index in [0.717, 1.165) is 0 Å². The quantitative estimate of drug-likeness (QED) is 0.834. The van der Waals surface area contributed by atoms with E-state index in [2.05, 4.69) is 0 Å². The topological polar surface area (TPSA) is 35.2 Å². The Morgan fingerprint density at radius 1 is 1.47 bits per heavy atom. The summed E-state index contributed by atoms with van der Waals surface area (Å²) in [5, 5.41) is 0. The van der Waals surface area contributed by atoms with Crippen LogP contribution < -0.4 is 10.5 Å². The molecule has 0 saturated carbocycles. The van der Waals surface area contributed by atoms with Crippen LogP contribution in [-0.2, 0) is 5.41 Å². The Balaban J connectivity index is 3.29. The maximum absolute atomic E-state index is 13.4. The largest absolute Gasteiger partial charge is 0.493 e. The minimum atomic E-state index is -0.895. The van der Waals surface area contributed by atoms with Crippen molar-refractivity contribution in [2.45, 2.75) is 12.3 Å². The third-order valence-electron chi connectivity index (χ3n) is 2.57. The second-order valence-corrected chi connectivity index (χ2v) is 3.72. The molecule has 2 nitrogen and oxygen atoms in total. The van der Waals surface area contributed by atoms with E-state index < -0.39 is 17.9 Å². The molecule has 84 valence electrons. The number of rotatable bonds is 4. The Labute approximate surface area is 88.0 Å². The van der Waals surface area contributed by atoms with Gasteiger partial charge in [0.05, 0.1) is 7.11 Å². The van der Waals surface area contributed by atoms with E-state index >= 15 is 0 Å². The highest BCUT2D eigenvalue weighted by Crippen LogP contribution is 2.33. The zero-order valence-corrected chi connectivity index (χ0v) is 8.89. The normalized spacial score (nSPS) is 14.7. The molecule has 1 unspecified atom stereocenters. The first kappa shape index (κ1) is 11.9. The first-order valence-electron chi connectivity index (χ1n) is 4.68. The molecule has 0 aliphatic heterocycles. The minimum Gasteiger partial charge on any atom is -0.493 e. The number of hydrogen-bond donors (Lipinski definition) is 1. The highest BCUT2D eigenvalue weighted by molar-refractivity contribution is 5.40. The lowest BCUT2D eigenvalue weighted by molar-refractivity contribution is 0.311. The van der Waals surface area contributed by atoms with E-state index in [1.54, 1.807) is 13.0 Å². The van der Waals surface area contributed by atoms with Gasteiger partial charge in [0.15, 0.2) is 11.6 Å². The standard InChI is InChI=1S/C11H15F2NO/c1-11(6-12,7-14)8-4-3-5-9(13)10(8)15-2/h3-5H,6-7,14H2,1-2H3. The number of methoxy groups -OCH3 is 1. The van der Waals surface area contributed by atoms with Crippen LogP contribution in [0.15, 0.2) is 18.2 Å². The van der Waals surface area contributed by atoms with Crippen LogP contribution in [0.1, 0.15) is 12.5 Å². The Hall–Kier alpha value is -1.16. The van der Waals surface area contributed by atoms with Crippen LogP contribution >= 0.6 is 0 Å². The number of alkyl halides is 1. The van der Waals surface area contributed by atoms with E-state index in [9.17, 15) is 8.78 Å². The molecule has 0 radical (unpaired) electrons. The second kappa shape index (κ2) is 4.57. The van der Waals surface area contributed by atoms with Gasteiger partial charge in [0.25, 0.3) is 0 Å². The molecular weight excluding hydrogens is 200 g/mol. The zero-order chi connectivity index (χ0) is 11.5. The van der Waals surface area contributed by atoms with Gasteiger partial charge in [0.2, 0.25) is 0 Å². The first-order valence-corrected chi connectivity index (χ1v) is 4.68. The average Bonchev–Trinajstić information content (AvgIpc) is 2.27. The van der Waals surface area contributed by atoms with Crippen molar-refractivity contribution in [3.63, 3.8) is 0 Å². The lowest BCUT2D eigenvalue weighted by Gasteiger charge is -2.26. The van der Waals surface area contributed by atoms with Gasteiger partial charge in [-0.05, 0) is 6.07 Å². The average molecular weight is 215 g/mol. The van der Waals surface area contributed by atoms with E-state index in [1.807, 2.05) is 0 Å². The van der Waals surface area contributed by atoms with E-state index in [1.165, 1.54) is 19.2 Å². The third-order valence-corrected chi connectivity index (χ3v) is 2.57. The van der Waals surface area contributed by atoms with Crippen LogP contribution in [0.4, 0.5) is 8.78 Å². The minimum absolute atomic E-state index is 0.0723. The molecule has 0 amide bonds. The van der Waals surface area contributed by atoms with Crippen molar-refractivity contribution in [1.29, 1.82) is 0 Å². The molecule has 0 heterocycles. The summed E-state index contributed by atoms with van der Waals surface area (Å²) in [6.45, 7) is 1.09. The molecule has 0 fully saturated rings. The van der Waals surface area contributed by atoms with Gasteiger partial charge in [-0.2, -0.15) is 0 Å². The molecule has 0 aromatic heterocycles. The lowest BCUT2D eigenvalue weighted by atomic mass is 9.83. The molecular formula is C11H15F2NO. The van der Waals surface area contributed by atoms with Gasteiger partial charge in [-0.25, -0.2) is 4.39 Å². The number of benzene rings is 1. The van der Waals surface area contributed by atoms with Crippen molar-refractivity contribution < 1.29 is 13.5 Å². The Morgan fingerprint density at radius 3 is 2.60 bits per heavy atom. The number of halogens is 2. The van der Waals surface area contributed by atoms with Crippen LogP contribution in [0.5, 0.6) is 5.75 Å². The Morgan fingerprint density at radius 2 is 2.13 bits per heavy atom. The fourth-order valence-electron chi connectivity index (χ4n) is 1.43. The fourth-order valence-corrected chi connectivity index (χ4v) is 1.43. The van der Waals surface area contributed by atoms with Crippen molar-refractivity contribution in [1.82, 2.24) is 0 Å². The Kier molecular flexibility index (Phi) is 3.63. The van der Waals surface area contributed by atoms with Gasteiger partial charge in [0, 0.05) is 17.5 Å². The zero-order valence-electron chi connectivity index (χ0n) is 8.89. The van der Waals surface area contributed by atoms with Gasteiger partial charge in [0.1, 0.15) is 6.67 Å². The van der Waals surface area contributed by atoms with Crippen LogP contribution in [0.2, 0.25) is 0 Å². The van der Waals surface area contributed by atoms with Crippen molar-refractivity contribution in [2.24, 2.45) is 5.73 Å². The summed E-state index contributed by atoms with van der Waals surface area (Å²) in [7, 11) is 1.36. The maximum Gasteiger partial charge on any atom is 0.165 e. The summed E-state index contributed by atoms with van der Waals surface area (Å²) < 4.78 is 31.2. The molecule has 4 heteroatoms. The molecule has 0 aliphatic carbocycles. The molecule has 1 rings (SSSR count). The van der Waals surface area contributed by atoms with Gasteiger partial charge >= 0.3 is 0 Å². The summed E-state index contributed by atoms with van der Waals surface area (Å²) in [5.41, 5.74) is 5.08. The number of para-hydroxylation sites is 1. The molecule has 1 aromatic rings. The molecule has 15 heavy (non-hydrogen) atoms. The third kappa shape index (κ3) is 2.09. The summed E-state index contributed by atoms with van der Waals surface area (Å²) in [5.74, 6) is -0.425. The van der Waals surface area contributed by atoms with E-state index in [-0.39, 0.29) is 12.3 Å². The first-order chi connectivity index (χ1) is 7.09. The van der Waals surface area contributed by atoms with Crippen LogP contribution in [-0.4, -0.2) is 20.3 Å². The van der Waals surface area contributed by atoms with Crippen molar-refractivity contribution >= 4 is 0 Å². The van der Waals surface area contributed by atoms with E-state index in [0.29, 0.717) is 5.56 Å².